The van der Waals surface area contributed by atoms with E-state index < -0.39 is 38.8 Å². The van der Waals surface area contributed by atoms with E-state index in [1.54, 1.807) is 24.3 Å². The molecule has 20 rings (SSSR count). The van der Waals surface area contributed by atoms with Gasteiger partial charge in [0.1, 0.15) is 0 Å². The minimum absolute atomic E-state index is 0. The van der Waals surface area contributed by atoms with Crippen LogP contribution in [0.2, 0.25) is 0 Å². The number of halogens is 1. The van der Waals surface area contributed by atoms with E-state index in [0.29, 0.717) is 5.46 Å². The van der Waals surface area contributed by atoms with Gasteiger partial charge in [0.2, 0.25) is 0 Å². The predicted molar refractivity (Wildman–Crippen MR) is 540 cm³/mol. The zero-order valence-electron chi connectivity index (χ0n) is 69.6. The molecule has 0 spiro atoms. The van der Waals surface area contributed by atoms with Crippen molar-refractivity contribution < 1.29 is 45.4 Å². The summed E-state index contributed by atoms with van der Waals surface area (Å²) in [5.41, 5.74) is 14.5. The molecular weight excluding hydrogens is 1780 g/mol. The van der Waals surface area contributed by atoms with Gasteiger partial charge in [-0.2, -0.15) is 0 Å². The van der Waals surface area contributed by atoms with Gasteiger partial charge in [-0.1, -0.05) is 519 Å². The number of fused-ring (bicyclic) bond motifs is 6. The first-order valence-electron chi connectivity index (χ1n) is 40.3. The summed E-state index contributed by atoms with van der Waals surface area (Å²) >= 11 is 3.62. The minimum atomic E-state index is -1.34. The van der Waals surface area contributed by atoms with Crippen LogP contribution >= 0.6 is 47.6 Å². The van der Waals surface area contributed by atoms with Gasteiger partial charge in [-0.25, -0.2) is 5.26 Å². The van der Waals surface area contributed by atoms with Gasteiger partial charge in [0, 0.05) is 84.0 Å². The Morgan fingerprint density at radius 2 is 0.424 bits per heavy atom. The quantitative estimate of drug-likeness (QED) is 0.0313. The van der Waals surface area contributed by atoms with E-state index in [4.69, 9.17) is 20.1 Å². The van der Waals surface area contributed by atoms with Crippen LogP contribution < -0.4 is 69.1 Å². The molecule has 2 aliphatic carbocycles. The zero-order chi connectivity index (χ0) is 84.0. The summed E-state index contributed by atoms with van der Waals surface area (Å²) in [6.07, 6.45) is 2.14. The van der Waals surface area contributed by atoms with Crippen LogP contribution in [0.25, 0.3) is 33.4 Å². The topological polar surface area (TPSA) is 87.0 Å². The second-order valence-electron chi connectivity index (χ2n) is 28.0. The fourth-order valence-corrected chi connectivity index (χ4v) is 24.4. The van der Waals surface area contributed by atoms with E-state index in [2.05, 4.69) is 500 Å². The first-order chi connectivity index (χ1) is 60.3. The molecule has 18 aromatic carbocycles. The molecule has 0 amide bonds. The summed E-state index contributed by atoms with van der Waals surface area (Å²) in [7, 11) is -3.13. The van der Waals surface area contributed by atoms with E-state index >= 15 is 0 Å². The van der Waals surface area contributed by atoms with Gasteiger partial charge < -0.3 is 19.7 Å². The van der Waals surface area contributed by atoms with Crippen LogP contribution in [0.5, 0.6) is 0 Å². The van der Waals surface area contributed by atoms with Crippen LogP contribution in [0.1, 0.15) is 22.3 Å². The standard InChI is InChI=1S/C19H14.4C18H15P.C13H9Br.C6H7BO2.CHO3.2Na.Pd/c1-2-7-14(8-3-1)17-12-6-10-16-13-15-9-4-5-11-18(15)19(16)17;4*1-4-10-16(11-5-1)19(17-12-6-2-7-13-17)18-14-8-3-9-15-18;14-12-7-3-5-10-8-9-4-1-2-6-11(9)13(10)12;8-7(9)6-4-2-1-3-5-6;2-1-4-3;;;/h1-12H,13H2;4*1-15H;1-7H,8H2;1-5,8-9H;3H;;;/q;;;;;;;-1;;;. The molecule has 125 heavy (non-hydrogen) atoms. The molecule has 0 unspecified atom stereocenters. The predicted octanol–water partition coefficient (Wildman–Crippen LogP) is 20.9. The summed E-state index contributed by atoms with van der Waals surface area (Å²) in [5, 5.41) is 40.9. The Balaban J connectivity index is 0.000000152. The Hall–Kier alpha value is -9.76. The number of benzene rings is 18. The normalized spacial score (nSPS) is 10.5. The van der Waals surface area contributed by atoms with E-state index in [0.717, 1.165) is 19.3 Å². The second-order valence-corrected chi connectivity index (χ2v) is 37.7. The molecule has 0 saturated carbocycles. The van der Waals surface area contributed by atoms with Gasteiger partial charge in [0.25, 0.3) is 0 Å². The average Bonchev–Trinajstić information content (AvgIpc) is 1.63. The minimum Gasteiger partial charge on any atom is -0.509 e. The Kier molecular flexibility index (Phi) is 41.8. The van der Waals surface area contributed by atoms with Crippen LogP contribution in [0, 0.1) is 0 Å². The third-order valence-electron chi connectivity index (χ3n) is 20.0. The van der Waals surface area contributed by atoms with Crippen molar-refractivity contribution in [2.75, 3.05) is 0 Å². The van der Waals surface area contributed by atoms with Crippen molar-refractivity contribution in [1.29, 1.82) is 0 Å². The van der Waals surface area contributed by atoms with Crippen LogP contribution in [-0.4, -0.2) is 88.0 Å². The first kappa shape index (κ1) is 97.4. The zero-order valence-corrected chi connectivity index (χ0v) is 80.3. The Morgan fingerprint density at radius 3 is 0.656 bits per heavy atom. The Bertz CT molecular complexity index is 5220. The van der Waals surface area contributed by atoms with Crippen LogP contribution in [0.4, 0.5) is 0 Å². The molecule has 3 N–H and O–H groups in total. The summed E-state index contributed by atoms with van der Waals surface area (Å²) in [6, 6.07) is 179. The number of carbonyl (C=O) groups excluding carboxylic acids is 1. The summed E-state index contributed by atoms with van der Waals surface area (Å²) < 4.78 is 1.21. The smallest absolute Gasteiger partial charge is 0.488 e. The third-order valence-corrected chi connectivity index (χ3v) is 30.4. The Morgan fingerprint density at radius 1 is 0.240 bits per heavy atom. The second kappa shape index (κ2) is 53.7. The molecule has 0 fully saturated rings. The molecule has 2 aliphatic rings. The summed E-state index contributed by atoms with van der Waals surface area (Å²) in [5.74, 6) is 0. The van der Waals surface area contributed by atoms with Gasteiger partial charge in [0.15, 0.2) is 0 Å². The molecular formula is C111H91BBrNa2O5P4Pd-. The molecule has 0 saturated heterocycles. The number of rotatable bonds is 15. The number of hydrogen-bond acceptors (Lipinski definition) is 5. The monoisotopic (exact) mass is 1870 g/mol. The average molecular weight is 1870 g/mol. The fraction of sp³-hybridized carbons (Fsp3) is 0.0180. The molecule has 5 nitrogen and oxygen atoms in total. The molecule has 0 heterocycles. The van der Waals surface area contributed by atoms with Crippen molar-refractivity contribution in [1.82, 2.24) is 0 Å². The van der Waals surface area contributed by atoms with Crippen molar-refractivity contribution in [2.24, 2.45) is 0 Å². The SMILES string of the molecule is Brc1cccc2c1-c1ccccc1C2.O=[C-]OO.OB(O)c1ccccc1.[Na].[Na].[Pd].c1ccc(-c2cccc3c2-c2ccccc2C3)cc1.c1ccc(P(c2ccccc2)c2ccccc2)cc1.c1ccc(P(c2ccccc2)c2ccccc2)cc1.c1ccc(P(c2ccccc2)c2ccccc2)cc1.c1ccc(P(c2ccccc2)c2ccccc2)cc1. The van der Waals surface area contributed by atoms with Crippen molar-refractivity contribution >= 4 is 189 Å². The molecule has 0 atom stereocenters. The summed E-state index contributed by atoms with van der Waals surface area (Å²) in [4.78, 5) is 11.3. The maximum atomic E-state index is 8.58. The van der Waals surface area contributed by atoms with Gasteiger partial charge in [-0.05, 0) is 182 Å². The van der Waals surface area contributed by atoms with E-state index in [9.17, 15) is 0 Å². The summed E-state index contributed by atoms with van der Waals surface area (Å²) in [6.45, 7) is 0.736. The van der Waals surface area contributed by atoms with Crippen LogP contribution in [0.15, 0.2) is 514 Å². The van der Waals surface area contributed by atoms with E-state index in [-0.39, 0.29) is 79.5 Å². The maximum absolute atomic E-state index is 8.58. The van der Waals surface area contributed by atoms with Crippen molar-refractivity contribution in [3.8, 4) is 33.4 Å². The largest absolute Gasteiger partial charge is 0.509 e. The van der Waals surface area contributed by atoms with Crippen molar-refractivity contribution in [3.63, 3.8) is 0 Å². The molecule has 0 aromatic heterocycles. The van der Waals surface area contributed by atoms with Gasteiger partial charge in [0.05, 0.1) is 0 Å². The molecule has 0 aliphatic heterocycles. The van der Waals surface area contributed by atoms with E-state index in [1.165, 1.54) is 124 Å². The maximum Gasteiger partial charge on any atom is 0.488 e. The van der Waals surface area contributed by atoms with Crippen molar-refractivity contribution in [2.45, 2.75) is 12.8 Å². The third kappa shape index (κ3) is 28.4. The van der Waals surface area contributed by atoms with Gasteiger partial charge in [-0.3, -0.25) is 0 Å². The number of hydrogen-bond donors (Lipinski definition) is 3. The fourth-order valence-electron chi connectivity index (χ4n) is 14.5. The van der Waals surface area contributed by atoms with Crippen molar-refractivity contribution in [3.05, 3.63) is 536 Å². The molecule has 14 heteroatoms. The van der Waals surface area contributed by atoms with Gasteiger partial charge >= 0.3 is 7.12 Å². The Labute approximate surface area is 808 Å². The molecule has 2 radical (unpaired) electrons. The molecule has 0 bridgehead atoms. The van der Waals surface area contributed by atoms with Crippen LogP contribution in [0.3, 0.4) is 0 Å². The first-order valence-corrected chi connectivity index (χ1v) is 46.5. The molecule has 608 valence electrons. The molecule has 18 aromatic rings. The van der Waals surface area contributed by atoms with Gasteiger partial charge in [-0.15, -0.1) is 0 Å². The van der Waals surface area contributed by atoms with Crippen LogP contribution in [-0.2, 0) is 42.9 Å². The van der Waals surface area contributed by atoms with E-state index in [1.807, 2.05) is 6.07 Å².